The molecule has 0 aromatic carbocycles. The molecule has 0 saturated carbocycles. The highest BCUT2D eigenvalue weighted by Gasteiger charge is 2.38. The van der Waals surface area contributed by atoms with Crippen LogP contribution in [0.2, 0.25) is 0 Å². The number of amides is 2. The average molecular weight is 283 g/mol. The number of nitrogens with zero attached hydrogens (tertiary/aromatic N) is 2. The summed E-state index contributed by atoms with van der Waals surface area (Å²) in [5.74, 6) is -0.989. The highest BCUT2D eigenvalue weighted by molar-refractivity contribution is 5.77. The first-order valence-electron chi connectivity index (χ1n) is 6.22. The van der Waals surface area contributed by atoms with E-state index in [0.29, 0.717) is 11.5 Å². The quantitative estimate of drug-likeness (QED) is 0.819. The number of urea groups is 1. The van der Waals surface area contributed by atoms with Crippen molar-refractivity contribution in [2.45, 2.75) is 19.5 Å². The van der Waals surface area contributed by atoms with Gasteiger partial charge in [-0.05, 0) is 6.92 Å². The van der Waals surface area contributed by atoms with Crippen LogP contribution < -0.4 is 5.32 Å². The molecule has 2 heterocycles. The van der Waals surface area contributed by atoms with E-state index in [0.717, 1.165) is 0 Å². The van der Waals surface area contributed by atoms with E-state index in [-0.39, 0.29) is 25.8 Å². The summed E-state index contributed by atoms with van der Waals surface area (Å²) in [7, 11) is 1.55. The third-order valence-corrected chi connectivity index (χ3v) is 3.28. The van der Waals surface area contributed by atoms with Crippen molar-refractivity contribution in [1.82, 2.24) is 15.4 Å². The van der Waals surface area contributed by atoms with E-state index < -0.39 is 17.9 Å². The van der Waals surface area contributed by atoms with Gasteiger partial charge >= 0.3 is 12.0 Å². The number of aliphatic carboxylic acids is 1. The van der Waals surface area contributed by atoms with Crippen LogP contribution in [0.25, 0.3) is 0 Å². The Morgan fingerprint density at radius 3 is 2.90 bits per heavy atom. The minimum atomic E-state index is -0.959. The zero-order chi connectivity index (χ0) is 14.7. The second-order valence-electron chi connectivity index (χ2n) is 4.75. The summed E-state index contributed by atoms with van der Waals surface area (Å²) in [4.78, 5) is 24.4. The average Bonchev–Trinajstić information content (AvgIpc) is 3.03. The fourth-order valence-electron chi connectivity index (χ4n) is 2.10. The predicted molar refractivity (Wildman–Crippen MR) is 67.0 cm³/mol. The maximum Gasteiger partial charge on any atom is 0.317 e. The monoisotopic (exact) mass is 283 g/mol. The molecule has 2 rings (SSSR count). The van der Waals surface area contributed by atoms with Gasteiger partial charge in [0.05, 0.1) is 25.8 Å². The van der Waals surface area contributed by atoms with Crippen molar-refractivity contribution in [1.29, 1.82) is 0 Å². The van der Waals surface area contributed by atoms with E-state index in [1.165, 1.54) is 4.90 Å². The van der Waals surface area contributed by atoms with Crippen LogP contribution in [-0.4, -0.2) is 53.5 Å². The number of carboxylic acid groups (broad SMARTS) is 1. The lowest BCUT2D eigenvalue weighted by Crippen LogP contribution is -2.48. The molecule has 0 aliphatic carbocycles. The van der Waals surface area contributed by atoms with Crippen LogP contribution in [0.4, 0.5) is 4.79 Å². The van der Waals surface area contributed by atoms with Gasteiger partial charge in [-0.3, -0.25) is 4.79 Å². The van der Waals surface area contributed by atoms with Crippen LogP contribution in [0.5, 0.6) is 0 Å². The Balaban J connectivity index is 1.90. The lowest BCUT2D eigenvalue weighted by atomic mass is 10.0. The molecule has 20 heavy (non-hydrogen) atoms. The van der Waals surface area contributed by atoms with Crippen molar-refractivity contribution in [2.24, 2.45) is 5.92 Å². The third-order valence-electron chi connectivity index (χ3n) is 3.28. The Morgan fingerprint density at radius 2 is 2.30 bits per heavy atom. The number of hydrogen-bond acceptors (Lipinski definition) is 5. The number of ether oxygens (including phenoxy) is 1. The summed E-state index contributed by atoms with van der Waals surface area (Å²) in [6.07, 6.45) is 0. The Labute approximate surface area is 115 Å². The fraction of sp³-hybridized carbons (Fsp3) is 0.583. The summed E-state index contributed by atoms with van der Waals surface area (Å²) in [5.41, 5.74) is 0.613. The second kappa shape index (κ2) is 5.91. The molecular formula is C12H17N3O5. The zero-order valence-corrected chi connectivity index (χ0v) is 11.3. The van der Waals surface area contributed by atoms with Crippen LogP contribution in [0, 0.1) is 12.8 Å². The van der Waals surface area contributed by atoms with Crippen molar-refractivity contribution in [2.75, 3.05) is 20.3 Å². The molecule has 0 spiro atoms. The Morgan fingerprint density at radius 1 is 1.55 bits per heavy atom. The number of aromatic nitrogens is 1. The van der Waals surface area contributed by atoms with Crippen LogP contribution in [0.3, 0.4) is 0 Å². The fourth-order valence-corrected chi connectivity index (χ4v) is 2.10. The Bertz CT molecular complexity index is 501. The van der Waals surface area contributed by atoms with E-state index in [9.17, 15) is 9.59 Å². The minimum absolute atomic E-state index is 0.125. The first kappa shape index (κ1) is 14.3. The van der Waals surface area contributed by atoms with Crippen molar-refractivity contribution < 1.29 is 24.0 Å². The molecule has 0 bridgehead atoms. The molecule has 1 fully saturated rings. The number of carbonyl (C=O) groups excluding carboxylic acids is 1. The molecule has 0 radical (unpaired) electrons. The molecule has 1 aromatic heterocycles. The predicted octanol–water partition coefficient (Wildman–Crippen LogP) is 0.224. The third kappa shape index (κ3) is 3.08. The Hall–Kier alpha value is -2.09. The molecule has 1 aromatic rings. The topological polar surface area (TPSA) is 105 Å². The van der Waals surface area contributed by atoms with Crippen LogP contribution in [-0.2, 0) is 16.1 Å². The molecule has 1 aliphatic heterocycles. The van der Waals surface area contributed by atoms with E-state index in [2.05, 4.69) is 10.5 Å². The van der Waals surface area contributed by atoms with Gasteiger partial charge in [-0.1, -0.05) is 5.16 Å². The van der Waals surface area contributed by atoms with Crippen LogP contribution in [0.15, 0.2) is 10.6 Å². The van der Waals surface area contributed by atoms with E-state index in [1.54, 1.807) is 20.0 Å². The number of hydrogen-bond donors (Lipinski definition) is 2. The van der Waals surface area contributed by atoms with Gasteiger partial charge < -0.3 is 24.6 Å². The number of nitrogens with one attached hydrogen (secondary N) is 1. The molecule has 1 aliphatic rings. The van der Waals surface area contributed by atoms with Gasteiger partial charge in [-0.15, -0.1) is 0 Å². The lowest BCUT2D eigenvalue weighted by molar-refractivity contribution is -0.142. The maximum absolute atomic E-state index is 12.0. The van der Waals surface area contributed by atoms with Gasteiger partial charge in [0, 0.05) is 13.1 Å². The van der Waals surface area contributed by atoms with Crippen molar-refractivity contribution in [3.8, 4) is 0 Å². The zero-order valence-electron chi connectivity index (χ0n) is 11.3. The van der Waals surface area contributed by atoms with E-state index in [1.807, 2.05) is 0 Å². The summed E-state index contributed by atoms with van der Waals surface area (Å²) < 4.78 is 10.0. The molecule has 8 nitrogen and oxygen atoms in total. The number of aryl methyl sites for hydroxylation is 1. The second-order valence-corrected chi connectivity index (χ2v) is 4.75. The standard InChI is InChI=1S/C12H17N3O5/c1-7-3-8(14-20-7)4-13-12(18)15(2)10-6-19-5-9(10)11(16)17/h3,9-10H,4-6H2,1-2H3,(H,13,18)(H,16,17). The van der Waals surface area contributed by atoms with Crippen LogP contribution >= 0.6 is 0 Å². The molecule has 1 saturated heterocycles. The molecule has 2 atom stereocenters. The van der Waals surface area contributed by atoms with Gasteiger partial charge in [-0.2, -0.15) is 0 Å². The van der Waals surface area contributed by atoms with E-state index in [4.69, 9.17) is 14.4 Å². The highest BCUT2D eigenvalue weighted by atomic mass is 16.5. The normalized spacial score (nSPS) is 21.7. The summed E-state index contributed by atoms with van der Waals surface area (Å²) in [6.45, 7) is 2.34. The van der Waals surface area contributed by atoms with Crippen molar-refractivity contribution in [3.63, 3.8) is 0 Å². The molecule has 2 amide bonds. The van der Waals surface area contributed by atoms with Crippen molar-refractivity contribution >= 4 is 12.0 Å². The number of rotatable bonds is 4. The number of carboxylic acids is 1. The van der Waals surface area contributed by atoms with Gasteiger partial charge in [-0.25, -0.2) is 4.79 Å². The Kier molecular flexibility index (Phi) is 4.23. The van der Waals surface area contributed by atoms with Gasteiger partial charge in [0.25, 0.3) is 0 Å². The first-order chi connectivity index (χ1) is 9.49. The van der Waals surface area contributed by atoms with Crippen molar-refractivity contribution in [3.05, 3.63) is 17.5 Å². The first-order valence-corrected chi connectivity index (χ1v) is 6.22. The number of carbonyl (C=O) groups is 2. The van der Waals surface area contributed by atoms with Gasteiger partial charge in [0.1, 0.15) is 17.4 Å². The van der Waals surface area contributed by atoms with Gasteiger partial charge in [0.2, 0.25) is 0 Å². The maximum atomic E-state index is 12.0. The molecule has 2 N–H and O–H groups in total. The molecule has 2 unspecified atom stereocenters. The smallest absolute Gasteiger partial charge is 0.317 e. The number of likely N-dealkylation sites (N-methyl/N-ethyl adjacent to an activating group) is 1. The summed E-state index contributed by atoms with van der Waals surface area (Å²) in [6, 6.07) is 0.887. The molecule has 110 valence electrons. The minimum Gasteiger partial charge on any atom is -0.481 e. The largest absolute Gasteiger partial charge is 0.481 e. The van der Waals surface area contributed by atoms with Crippen LogP contribution in [0.1, 0.15) is 11.5 Å². The molecular weight excluding hydrogens is 266 g/mol. The lowest BCUT2D eigenvalue weighted by Gasteiger charge is -2.26. The summed E-state index contributed by atoms with van der Waals surface area (Å²) >= 11 is 0. The SMILES string of the molecule is Cc1cc(CNC(=O)N(C)C2COCC2C(=O)O)no1. The highest BCUT2D eigenvalue weighted by Crippen LogP contribution is 2.19. The molecule has 8 heteroatoms. The van der Waals surface area contributed by atoms with Gasteiger partial charge in [0.15, 0.2) is 0 Å². The van der Waals surface area contributed by atoms with E-state index >= 15 is 0 Å². The summed E-state index contributed by atoms with van der Waals surface area (Å²) in [5, 5.41) is 15.5.